The molecule has 6 N–H and O–H groups in total. The molecule has 0 aromatic heterocycles. The average molecular weight is 801 g/mol. The number of carbonyl (C=O) groups excluding carboxylic acids is 2. The fourth-order valence-corrected chi connectivity index (χ4v) is 7.45. The first-order valence-corrected chi connectivity index (χ1v) is 19.4. The van der Waals surface area contributed by atoms with Gasteiger partial charge in [0.2, 0.25) is 0 Å². The maximum atomic E-state index is 13.4. The number of hydrogen-bond acceptors (Lipinski definition) is 6. The van der Waals surface area contributed by atoms with Gasteiger partial charge in [0.25, 0.3) is 20.0 Å². The number of anilines is 6. The van der Waals surface area contributed by atoms with Crippen LogP contribution < -0.4 is 30.7 Å². The zero-order valence-corrected chi connectivity index (χ0v) is 30.5. The smallest absolute Gasteiger partial charge is 0.308 e. The van der Waals surface area contributed by atoms with Crippen LogP contribution in [0.3, 0.4) is 0 Å². The van der Waals surface area contributed by atoms with Crippen molar-refractivity contribution in [1.29, 1.82) is 0 Å². The fraction of sp³-hybridized carbons (Fsp3) is 0.0256. The van der Waals surface area contributed by atoms with Gasteiger partial charge in [-0.05, 0) is 114 Å². The van der Waals surface area contributed by atoms with E-state index in [4.69, 9.17) is 0 Å². The summed E-state index contributed by atoms with van der Waals surface area (Å²) in [6.45, 7) is 0. The first-order chi connectivity index (χ1) is 26.6. The lowest BCUT2D eigenvalue weighted by molar-refractivity contribution is -0.137. The van der Waals surface area contributed by atoms with Crippen molar-refractivity contribution in [2.24, 2.45) is 0 Å². The summed E-state index contributed by atoms with van der Waals surface area (Å²) < 4.78 is 96.8. The van der Waals surface area contributed by atoms with Crippen molar-refractivity contribution in [3.8, 4) is 11.1 Å². The lowest BCUT2D eigenvalue weighted by Crippen LogP contribution is -2.20. The highest BCUT2D eigenvalue weighted by atomic mass is 32.2. The largest absolute Gasteiger partial charge is 0.416 e. The van der Waals surface area contributed by atoms with Gasteiger partial charge in [-0.2, -0.15) is 13.2 Å². The molecule has 0 fully saturated rings. The molecule has 0 aliphatic rings. The molecule has 0 heterocycles. The van der Waals surface area contributed by atoms with Crippen LogP contribution in [-0.2, 0) is 26.2 Å². The van der Waals surface area contributed by atoms with E-state index in [-0.39, 0.29) is 38.2 Å². The molecule has 0 unspecified atom stereocenters. The number of rotatable bonds is 11. The van der Waals surface area contributed by atoms with E-state index in [0.29, 0.717) is 16.8 Å². The van der Waals surface area contributed by atoms with Gasteiger partial charge in [-0.15, -0.1) is 0 Å². The van der Waals surface area contributed by atoms with Gasteiger partial charge in [0, 0.05) is 34.1 Å². The number of hydrogen-bond donors (Lipinski definition) is 6. The molecule has 12 nitrogen and oxygen atoms in total. The van der Waals surface area contributed by atoms with Gasteiger partial charge >= 0.3 is 18.2 Å². The van der Waals surface area contributed by atoms with Gasteiger partial charge in [-0.25, -0.2) is 26.4 Å². The summed E-state index contributed by atoms with van der Waals surface area (Å²) in [5.41, 5.74) is 1.74. The van der Waals surface area contributed by atoms with Crippen LogP contribution in [0.5, 0.6) is 0 Å². The van der Waals surface area contributed by atoms with E-state index in [1.165, 1.54) is 66.7 Å². The third-order valence-electron chi connectivity index (χ3n) is 7.89. The molecule has 0 bridgehead atoms. The zero-order chi connectivity index (χ0) is 39.9. The Labute approximate surface area is 319 Å². The van der Waals surface area contributed by atoms with E-state index in [2.05, 4.69) is 30.7 Å². The van der Waals surface area contributed by atoms with Crippen LogP contribution >= 0.6 is 0 Å². The summed E-state index contributed by atoms with van der Waals surface area (Å²) in [6, 6.07) is 35.2. The van der Waals surface area contributed by atoms with E-state index >= 15 is 0 Å². The van der Waals surface area contributed by atoms with Crippen molar-refractivity contribution < 1.29 is 39.6 Å². The Balaban J connectivity index is 1.08. The molecule has 56 heavy (non-hydrogen) atoms. The van der Waals surface area contributed by atoms with Crippen molar-refractivity contribution in [3.63, 3.8) is 0 Å². The molecule has 4 amide bonds. The van der Waals surface area contributed by atoms with Crippen molar-refractivity contribution in [2.75, 3.05) is 30.7 Å². The van der Waals surface area contributed by atoms with Gasteiger partial charge in [-0.3, -0.25) is 9.44 Å². The summed E-state index contributed by atoms with van der Waals surface area (Å²) in [5, 5.41) is 10.2. The predicted molar refractivity (Wildman–Crippen MR) is 210 cm³/mol. The van der Waals surface area contributed by atoms with Gasteiger partial charge < -0.3 is 21.3 Å². The van der Waals surface area contributed by atoms with Crippen molar-refractivity contribution >= 4 is 66.2 Å². The Hall–Kier alpha value is -6.85. The lowest BCUT2D eigenvalue weighted by Gasteiger charge is -2.13. The van der Waals surface area contributed by atoms with Crippen LogP contribution in [0, 0.1) is 0 Å². The number of halogens is 3. The summed E-state index contributed by atoms with van der Waals surface area (Å²) in [7, 11) is -8.23. The Bertz CT molecular complexity index is 2590. The normalized spacial score (nSPS) is 11.6. The maximum absolute atomic E-state index is 13.4. The molecular formula is C39H31F3N6O6S2. The number of carbonyl (C=O) groups is 2. The molecule has 0 saturated carbocycles. The highest BCUT2D eigenvalue weighted by molar-refractivity contribution is 7.93. The number of nitrogens with one attached hydrogen (secondary N) is 6. The Morgan fingerprint density at radius 1 is 0.411 bits per heavy atom. The highest BCUT2D eigenvalue weighted by Gasteiger charge is 2.30. The van der Waals surface area contributed by atoms with E-state index in [9.17, 15) is 39.6 Å². The molecule has 6 aromatic rings. The van der Waals surface area contributed by atoms with Crippen LogP contribution in [0.4, 0.5) is 56.9 Å². The molecule has 17 heteroatoms. The second kappa shape index (κ2) is 16.3. The first kappa shape index (κ1) is 38.9. The zero-order valence-electron chi connectivity index (χ0n) is 28.8. The van der Waals surface area contributed by atoms with Gasteiger partial charge in [0.1, 0.15) is 0 Å². The summed E-state index contributed by atoms with van der Waals surface area (Å²) in [5.74, 6) is 0. The number of para-hydroxylation sites is 1. The third-order valence-corrected chi connectivity index (χ3v) is 10.6. The Kier molecular flexibility index (Phi) is 11.3. The first-order valence-electron chi connectivity index (χ1n) is 16.5. The number of amides is 4. The molecule has 286 valence electrons. The van der Waals surface area contributed by atoms with Gasteiger partial charge in [-0.1, -0.05) is 48.5 Å². The molecule has 0 aliphatic heterocycles. The topological polar surface area (TPSA) is 175 Å². The van der Waals surface area contributed by atoms with Crippen molar-refractivity contribution in [1.82, 2.24) is 0 Å². The fourth-order valence-electron chi connectivity index (χ4n) is 5.25. The Morgan fingerprint density at radius 3 is 1.41 bits per heavy atom. The lowest BCUT2D eigenvalue weighted by atomic mass is 10.1. The van der Waals surface area contributed by atoms with Crippen molar-refractivity contribution in [3.05, 3.63) is 157 Å². The molecule has 6 aromatic carbocycles. The van der Waals surface area contributed by atoms with Crippen LogP contribution in [0.25, 0.3) is 11.1 Å². The minimum absolute atomic E-state index is 0.0836. The summed E-state index contributed by atoms with van der Waals surface area (Å²) >= 11 is 0. The summed E-state index contributed by atoms with van der Waals surface area (Å²) in [4.78, 5) is 24.6. The van der Waals surface area contributed by atoms with Crippen LogP contribution in [0.1, 0.15) is 5.56 Å². The molecular weight excluding hydrogens is 770 g/mol. The minimum Gasteiger partial charge on any atom is -0.308 e. The van der Waals surface area contributed by atoms with Crippen LogP contribution in [-0.4, -0.2) is 28.9 Å². The second-order valence-corrected chi connectivity index (χ2v) is 15.4. The van der Waals surface area contributed by atoms with E-state index in [0.717, 1.165) is 24.3 Å². The molecule has 0 atom stereocenters. The quantitative estimate of drug-likeness (QED) is 0.0762. The monoisotopic (exact) mass is 800 g/mol. The molecule has 0 radical (unpaired) electrons. The molecule has 0 spiro atoms. The predicted octanol–water partition coefficient (Wildman–Crippen LogP) is 9.26. The van der Waals surface area contributed by atoms with E-state index in [1.807, 2.05) is 0 Å². The number of benzene rings is 6. The van der Waals surface area contributed by atoms with E-state index in [1.54, 1.807) is 60.7 Å². The summed E-state index contributed by atoms with van der Waals surface area (Å²) in [6.07, 6.45) is -4.51. The van der Waals surface area contributed by atoms with E-state index < -0.39 is 43.8 Å². The maximum Gasteiger partial charge on any atom is 0.416 e. The SMILES string of the molecule is O=C(Nc1ccc(NS(=O)(=O)c2cccc(-c3cccc(NS(=O)(=O)c4cccc(NC(=O)Nc5ccccc5)c4)c3)c2)cc1)Nc1ccc(C(F)(F)F)cc1. The van der Waals surface area contributed by atoms with Crippen molar-refractivity contribution in [2.45, 2.75) is 16.0 Å². The highest BCUT2D eigenvalue weighted by Crippen LogP contribution is 2.31. The standard InChI is InChI=1S/C39H31F3N6O6S2/c40-39(41,42)28-15-17-30(18-16-28)44-37(49)45-31-19-21-32(22-20-31)47-55(51,52)35-13-5-8-27(24-35)26-7-4-12-34(23-26)48-56(53,54)36-14-6-11-33(25-36)46-38(50)43-29-9-2-1-3-10-29/h1-25,47-48H,(H2,43,46,50)(H2,44,45,49). The number of sulfonamides is 2. The molecule has 0 saturated heterocycles. The number of urea groups is 2. The second-order valence-electron chi connectivity index (χ2n) is 12.0. The van der Waals surface area contributed by atoms with Crippen LogP contribution in [0.2, 0.25) is 0 Å². The molecule has 6 rings (SSSR count). The third kappa shape index (κ3) is 10.2. The average Bonchev–Trinajstić information content (AvgIpc) is 3.16. The van der Waals surface area contributed by atoms with Gasteiger partial charge in [0.05, 0.1) is 15.4 Å². The van der Waals surface area contributed by atoms with Gasteiger partial charge in [0.15, 0.2) is 0 Å². The molecule has 0 aliphatic carbocycles. The minimum atomic E-state index is -4.51. The Morgan fingerprint density at radius 2 is 0.821 bits per heavy atom. The van der Waals surface area contributed by atoms with Crippen LogP contribution in [0.15, 0.2) is 161 Å². The number of alkyl halides is 3.